The molecule has 1 aliphatic heterocycles. The topological polar surface area (TPSA) is 74.6 Å². The van der Waals surface area contributed by atoms with Crippen molar-refractivity contribution in [2.24, 2.45) is 0 Å². The normalized spacial score (nSPS) is 14.0. The molecule has 0 spiro atoms. The number of aromatic hydroxyl groups is 1. The predicted octanol–water partition coefficient (Wildman–Crippen LogP) is 6.75. The van der Waals surface area contributed by atoms with Crippen molar-refractivity contribution >= 4 is 23.2 Å². The van der Waals surface area contributed by atoms with Gasteiger partial charge in [-0.3, -0.25) is 9.80 Å². The lowest BCUT2D eigenvalue weighted by Crippen LogP contribution is -2.29. The molecule has 1 N–H and O–H groups in total. The van der Waals surface area contributed by atoms with Gasteiger partial charge in [0, 0.05) is 25.2 Å². The Hall–Kier alpha value is -3.23. The second-order valence-corrected chi connectivity index (χ2v) is 11.2. The Morgan fingerprint density at radius 2 is 1.40 bits per heavy atom. The molecule has 0 bridgehead atoms. The van der Waals surface area contributed by atoms with Crippen LogP contribution in [0.3, 0.4) is 0 Å². The van der Waals surface area contributed by atoms with Crippen molar-refractivity contribution < 1.29 is 9.84 Å². The Labute approximate surface area is 245 Å². The van der Waals surface area contributed by atoms with Gasteiger partial charge in [0.1, 0.15) is 12.3 Å². The Morgan fingerprint density at radius 3 is 1.98 bits per heavy atom. The van der Waals surface area contributed by atoms with Crippen LogP contribution in [0.4, 0.5) is 0 Å². The molecule has 0 saturated carbocycles. The fourth-order valence-electron chi connectivity index (χ4n) is 4.87. The molecule has 4 aromatic rings. The van der Waals surface area contributed by atoms with Crippen LogP contribution in [-0.4, -0.2) is 50.2 Å². The summed E-state index contributed by atoms with van der Waals surface area (Å²) in [7, 11) is 2.15. The van der Waals surface area contributed by atoms with Crippen LogP contribution in [0.2, 0.25) is 10.0 Å². The maximum absolute atomic E-state index is 9.73. The largest absolute Gasteiger partial charge is 0.505 e. The van der Waals surface area contributed by atoms with Crippen LogP contribution in [0.1, 0.15) is 41.5 Å². The van der Waals surface area contributed by atoms with Gasteiger partial charge in [-0.25, -0.2) is 4.98 Å². The number of ether oxygens (including phenoxy) is 1. The SMILES string of the molecule is CN(Cc1ccc(COc2ncc(-c3cc(Cl)c(O)c(Cl)c3)nn2)cc1)Cc1ccc(CN2CCCCC2)cc1. The number of hydrogen-bond acceptors (Lipinski definition) is 7. The third-order valence-electron chi connectivity index (χ3n) is 7.03. The zero-order valence-corrected chi connectivity index (χ0v) is 24.1. The number of phenolic OH excluding ortho intramolecular Hbond substituents is 1. The fourth-order valence-corrected chi connectivity index (χ4v) is 5.36. The van der Waals surface area contributed by atoms with Gasteiger partial charge >= 0.3 is 6.01 Å². The van der Waals surface area contributed by atoms with Gasteiger partial charge in [0.25, 0.3) is 0 Å². The van der Waals surface area contributed by atoms with Gasteiger partial charge in [0.2, 0.25) is 0 Å². The predicted molar refractivity (Wildman–Crippen MR) is 158 cm³/mol. The van der Waals surface area contributed by atoms with E-state index >= 15 is 0 Å². The number of phenols is 1. The highest BCUT2D eigenvalue weighted by atomic mass is 35.5. The smallest absolute Gasteiger partial charge is 0.336 e. The van der Waals surface area contributed by atoms with Crippen LogP contribution in [0.25, 0.3) is 11.3 Å². The Bertz CT molecular complexity index is 1370. The number of benzene rings is 3. The Balaban J connectivity index is 1.08. The van der Waals surface area contributed by atoms with Gasteiger partial charge in [-0.1, -0.05) is 83.3 Å². The van der Waals surface area contributed by atoms with E-state index in [1.807, 2.05) is 0 Å². The van der Waals surface area contributed by atoms with Gasteiger partial charge in [-0.2, -0.15) is 0 Å². The third kappa shape index (κ3) is 7.70. The number of likely N-dealkylation sites (tertiary alicyclic amines) is 1. The molecule has 1 aromatic heterocycles. The summed E-state index contributed by atoms with van der Waals surface area (Å²) in [4.78, 5) is 9.11. The molecule has 0 amide bonds. The minimum Gasteiger partial charge on any atom is -0.505 e. The van der Waals surface area contributed by atoms with Crippen molar-refractivity contribution in [3.63, 3.8) is 0 Å². The average molecular weight is 579 g/mol. The van der Waals surface area contributed by atoms with Crippen LogP contribution < -0.4 is 4.74 Å². The van der Waals surface area contributed by atoms with E-state index in [0.29, 0.717) is 17.9 Å². The number of aromatic nitrogens is 3. The van der Waals surface area contributed by atoms with E-state index in [1.54, 1.807) is 12.1 Å². The van der Waals surface area contributed by atoms with E-state index in [1.165, 1.54) is 55.2 Å². The second kappa shape index (κ2) is 13.4. The maximum Gasteiger partial charge on any atom is 0.336 e. The summed E-state index contributed by atoms with van der Waals surface area (Å²) in [6.45, 7) is 5.60. The monoisotopic (exact) mass is 577 g/mol. The summed E-state index contributed by atoms with van der Waals surface area (Å²) in [5.41, 5.74) is 6.05. The fraction of sp³-hybridized carbons (Fsp3) is 0.323. The van der Waals surface area contributed by atoms with Crippen LogP contribution >= 0.6 is 23.2 Å². The number of halogens is 2. The molecule has 208 valence electrons. The number of rotatable bonds is 10. The Morgan fingerprint density at radius 1 is 0.825 bits per heavy atom. The van der Waals surface area contributed by atoms with E-state index in [-0.39, 0.29) is 21.8 Å². The number of nitrogens with zero attached hydrogens (tertiary/aromatic N) is 5. The van der Waals surface area contributed by atoms with Crippen LogP contribution in [0.15, 0.2) is 66.9 Å². The van der Waals surface area contributed by atoms with Gasteiger partial charge in [0.05, 0.1) is 16.2 Å². The highest BCUT2D eigenvalue weighted by molar-refractivity contribution is 6.37. The standard InChI is InChI=1S/C31H33Cl2N5O2/c1-37(18-22-5-7-24(8-6-22)20-38-13-3-2-4-14-38)19-23-9-11-25(12-10-23)21-40-31-34-17-29(35-36-31)26-15-27(32)30(39)28(33)16-26/h5-12,15-17,39H,2-4,13-14,18-21H2,1H3. The Kier molecular flexibility index (Phi) is 9.49. The quantitative estimate of drug-likeness (QED) is 0.223. The first-order valence-corrected chi connectivity index (χ1v) is 14.3. The van der Waals surface area contributed by atoms with Crippen LogP contribution in [0, 0.1) is 0 Å². The van der Waals surface area contributed by atoms with Gasteiger partial charge in [-0.05, 0) is 67.4 Å². The molecule has 1 aliphatic rings. The molecular formula is C31H33Cl2N5O2. The zero-order valence-electron chi connectivity index (χ0n) is 22.6. The summed E-state index contributed by atoms with van der Waals surface area (Å²) in [6, 6.07) is 20.7. The highest BCUT2D eigenvalue weighted by Gasteiger charge is 2.12. The molecule has 1 saturated heterocycles. The summed E-state index contributed by atoms with van der Waals surface area (Å²) < 4.78 is 5.72. The molecule has 0 atom stereocenters. The minimum atomic E-state index is -0.168. The number of piperidine rings is 1. The number of hydrogen-bond donors (Lipinski definition) is 1. The first-order valence-electron chi connectivity index (χ1n) is 13.5. The van der Waals surface area contributed by atoms with Crippen molar-refractivity contribution in [3.8, 4) is 23.0 Å². The maximum atomic E-state index is 9.73. The third-order valence-corrected chi connectivity index (χ3v) is 7.60. The van der Waals surface area contributed by atoms with Crippen LogP contribution in [0.5, 0.6) is 11.8 Å². The summed E-state index contributed by atoms with van der Waals surface area (Å²) in [6.07, 6.45) is 5.55. The molecule has 0 unspecified atom stereocenters. The van der Waals surface area contributed by atoms with E-state index in [9.17, 15) is 5.11 Å². The molecule has 7 nitrogen and oxygen atoms in total. The van der Waals surface area contributed by atoms with E-state index in [4.69, 9.17) is 27.9 Å². The first-order chi connectivity index (χ1) is 19.4. The zero-order chi connectivity index (χ0) is 27.9. The lowest BCUT2D eigenvalue weighted by molar-refractivity contribution is 0.221. The van der Waals surface area contributed by atoms with E-state index < -0.39 is 0 Å². The van der Waals surface area contributed by atoms with Gasteiger partial charge in [0.15, 0.2) is 5.75 Å². The van der Waals surface area contributed by atoms with Crippen molar-refractivity contribution in [1.29, 1.82) is 0 Å². The first kappa shape index (κ1) is 28.3. The van der Waals surface area contributed by atoms with Gasteiger partial charge in [-0.15, -0.1) is 5.10 Å². The van der Waals surface area contributed by atoms with Crippen molar-refractivity contribution in [2.75, 3.05) is 20.1 Å². The van der Waals surface area contributed by atoms with Gasteiger partial charge < -0.3 is 9.84 Å². The molecule has 3 aromatic carbocycles. The molecular weight excluding hydrogens is 545 g/mol. The summed E-state index contributed by atoms with van der Waals surface area (Å²) in [5.74, 6) is -0.168. The van der Waals surface area contributed by atoms with Crippen LogP contribution in [-0.2, 0) is 26.2 Å². The van der Waals surface area contributed by atoms with Crippen molar-refractivity contribution in [1.82, 2.24) is 25.0 Å². The molecule has 2 heterocycles. The summed E-state index contributed by atoms with van der Waals surface area (Å²) >= 11 is 12.0. The average Bonchev–Trinajstić information content (AvgIpc) is 2.97. The van der Waals surface area contributed by atoms with Crippen molar-refractivity contribution in [2.45, 2.75) is 45.5 Å². The second-order valence-electron chi connectivity index (χ2n) is 10.3. The minimum absolute atomic E-state index is 0.136. The lowest BCUT2D eigenvalue weighted by atomic mass is 10.1. The van der Waals surface area contributed by atoms with E-state index in [2.05, 4.69) is 80.6 Å². The lowest BCUT2D eigenvalue weighted by Gasteiger charge is -2.26. The molecule has 0 aliphatic carbocycles. The molecule has 9 heteroatoms. The highest BCUT2D eigenvalue weighted by Crippen LogP contribution is 2.35. The molecule has 5 rings (SSSR count). The van der Waals surface area contributed by atoms with Crippen molar-refractivity contribution in [3.05, 3.63) is 99.2 Å². The van der Waals surface area contributed by atoms with E-state index in [0.717, 1.165) is 25.2 Å². The molecule has 40 heavy (non-hydrogen) atoms. The molecule has 1 fully saturated rings. The molecule has 0 radical (unpaired) electrons. The summed E-state index contributed by atoms with van der Waals surface area (Å²) in [5, 5.41) is 18.2.